The largest absolute Gasteiger partial charge is 0.488 e. The molecule has 0 fully saturated rings. The number of aliphatic carboxylic acids is 1. The van der Waals surface area contributed by atoms with E-state index >= 15 is 0 Å². The highest BCUT2D eigenvalue weighted by Gasteiger charge is 2.26. The molecule has 0 aliphatic rings. The van der Waals surface area contributed by atoms with Crippen LogP contribution in [0.3, 0.4) is 0 Å². The quantitative estimate of drug-likeness (QED) is 0.849. The Kier molecular flexibility index (Phi) is 4.37. The van der Waals surface area contributed by atoms with Gasteiger partial charge in [0.15, 0.2) is 0 Å². The van der Waals surface area contributed by atoms with Crippen molar-refractivity contribution in [2.24, 2.45) is 5.73 Å². The molecule has 0 amide bonds. The summed E-state index contributed by atoms with van der Waals surface area (Å²) in [6.45, 7) is 3.59. The van der Waals surface area contributed by atoms with Crippen molar-refractivity contribution in [1.29, 1.82) is 0 Å². The fourth-order valence-electron chi connectivity index (χ4n) is 1.48. The van der Waals surface area contributed by atoms with Crippen LogP contribution in [0.4, 0.5) is 0 Å². The molecule has 0 bridgehead atoms. The van der Waals surface area contributed by atoms with Gasteiger partial charge in [-0.15, -0.1) is 0 Å². The maximum absolute atomic E-state index is 10.7. The molecule has 1 aromatic rings. The Labute approximate surface area is 105 Å². The first-order valence-corrected chi connectivity index (χ1v) is 5.61. The summed E-state index contributed by atoms with van der Waals surface area (Å²) < 4.78 is 5.68. The summed E-state index contributed by atoms with van der Waals surface area (Å²) in [4.78, 5) is 10.7. The van der Waals surface area contributed by atoms with E-state index in [0.29, 0.717) is 10.8 Å². The van der Waals surface area contributed by atoms with E-state index in [-0.39, 0.29) is 6.42 Å². The molecular formula is C12H16ClNO3. The average molecular weight is 258 g/mol. The number of hydrogen-bond acceptors (Lipinski definition) is 3. The average Bonchev–Trinajstić information content (AvgIpc) is 2.20. The van der Waals surface area contributed by atoms with Gasteiger partial charge in [-0.05, 0) is 38.1 Å². The molecule has 0 aliphatic carbocycles. The van der Waals surface area contributed by atoms with Crippen molar-refractivity contribution in [1.82, 2.24) is 0 Å². The third kappa shape index (κ3) is 4.63. The molecule has 4 nitrogen and oxygen atoms in total. The highest BCUT2D eigenvalue weighted by Crippen LogP contribution is 2.23. The Morgan fingerprint density at radius 1 is 1.47 bits per heavy atom. The highest BCUT2D eigenvalue weighted by molar-refractivity contribution is 6.30. The van der Waals surface area contributed by atoms with Crippen molar-refractivity contribution in [2.75, 3.05) is 0 Å². The van der Waals surface area contributed by atoms with Gasteiger partial charge < -0.3 is 15.6 Å². The molecule has 0 aliphatic heterocycles. The minimum absolute atomic E-state index is 0.227. The van der Waals surface area contributed by atoms with Crippen LogP contribution in [0.15, 0.2) is 24.3 Å². The number of carboxylic acid groups (broad SMARTS) is 1. The molecular weight excluding hydrogens is 242 g/mol. The first kappa shape index (κ1) is 13.8. The van der Waals surface area contributed by atoms with Gasteiger partial charge in [-0.2, -0.15) is 0 Å². The van der Waals surface area contributed by atoms with Crippen molar-refractivity contribution >= 4 is 17.6 Å². The molecule has 94 valence electrons. The van der Waals surface area contributed by atoms with E-state index in [1.54, 1.807) is 38.1 Å². The van der Waals surface area contributed by atoms with Crippen LogP contribution >= 0.6 is 11.6 Å². The number of rotatable bonds is 5. The SMILES string of the molecule is CC(C)(CC(N)C(=O)O)Oc1ccc(Cl)cc1. The molecule has 17 heavy (non-hydrogen) atoms. The van der Waals surface area contributed by atoms with Gasteiger partial charge in [-0.1, -0.05) is 11.6 Å². The summed E-state index contributed by atoms with van der Waals surface area (Å²) in [6.07, 6.45) is 0.227. The maximum atomic E-state index is 10.7. The van der Waals surface area contributed by atoms with E-state index in [4.69, 9.17) is 27.2 Å². The number of halogens is 1. The van der Waals surface area contributed by atoms with E-state index in [0.717, 1.165) is 0 Å². The van der Waals surface area contributed by atoms with Crippen molar-refractivity contribution < 1.29 is 14.6 Å². The van der Waals surface area contributed by atoms with Crippen LogP contribution in [-0.4, -0.2) is 22.7 Å². The minimum Gasteiger partial charge on any atom is -0.488 e. The Morgan fingerprint density at radius 3 is 2.47 bits per heavy atom. The van der Waals surface area contributed by atoms with Gasteiger partial charge in [-0.25, -0.2) is 0 Å². The van der Waals surface area contributed by atoms with Crippen molar-refractivity contribution in [3.8, 4) is 5.75 Å². The van der Waals surface area contributed by atoms with Gasteiger partial charge in [0.1, 0.15) is 17.4 Å². The van der Waals surface area contributed by atoms with Crippen LogP contribution in [0.2, 0.25) is 5.02 Å². The normalized spacial score (nSPS) is 13.2. The van der Waals surface area contributed by atoms with Crippen LogP contribution in [0.1, 0.15) is 20.3 Å². The minimum atomic E-state index is -1.03. The van der Waals surface area contributed by atoms with Crippen molar-refractivity contribution in [2.45, 2.75) is 31.9 Å². The van der Waals surface area contributed by atoms with E-state index < -0.39 is 17.6 Å². The zero-order valence-corrected chi connectivity index (χ0v) is 10.6. The Balaban J connectivity index is 2.65. The summed E-state index contributed by atoms with van der Waals surface area (Å²) in [6, 6.07) is 5.96. The Morgan fingerprint density at radius 2 is 2.00 bits per heavy atom. The zero-order valence-electron chi connectivity index (χ0n) is 9.81. The molecule has 0 saturated carbocycles. The second kappa shape index (κ2) is 5.38. The zero-order chi connectivity index (χ0) is 13.1. The molecule has 1 atom stereocenters. The lowest BCUT2D eigenvalue weighted by Gasteiger charge is -2.28. The smallest absolute Gasteiger partial charge is 0.320 e. The predicted molar refractivity (Wildman–Crippen MR) is 66.4 cm³/mol. The Bertz CT molecular complexity index is 389. The second-order valence-electron chi connectivity index (χ2n) is 4.46. The van der Waals surface area contributed by atoms with Gasteiger partial charge in [0, 0.05) is 11.4 Å². The molecule has 0 aromatic heterocycles. The number of ether oxygens (including phenoxy) is 1. The van der Waals surface area contributed by atoms with E-state index in [2.05, 4.69) is 0 Å². The lowest BCUT2D eigenvalue weighted by atomic mass is 9.99. The topological polar surface area (TPSA) is 72.6 Å². The molecule has 1 rings (SSSR count). The Hall–Kier alpha value is -1.26. The third-order valence-corrected chi connectivity index (χ3v) is 2.49. The summed E-state index contributed by atoms with van der Waals surface area (Å²) in [7, 11) is 0. The molecule has 0 spiro atoms. The molecule has 5 heteroatoms. The first-order chi connectivity index (χ1) is 7.80. The molecule has 0 radical (unpaired) electrons. The van der Waals surface area contributed by atoms with E-state index in [1.165, 1.54) is 0 Å². The summed E-state index contributed by atoms with van der Waals surface area (Å²) >= 11 is 5.76. The third-order valence-electron chi connectivity index (χ3n) is 2.24. The molecule has 0 saturated heterocycles. The van der Waals surface area contributed by atoms with Crippen molar-refractivity contribution in [3.63, 3.8) is 0 Å². The van der Waals surface area contributed by atoms with Gasteiger partial charge in [0.25, 0.3) is 0 Å². The monoisotopic (exact) mass is 257 g/mol. The predicted octanol–water partition coefficient (Wildman–Crippen LogP) is 2.30. The molecule has 3 N–H and O–H groups in total. The maximum Gasteiger partial charge on any atom is 0.320 e. The van der Waals surface area contributed by atoms with Gasteiger partial charge in [-0.3, -0.25) is 4.79 Å². The number of carboxylic acids is 1. The van der Waals surface area contributed by atoms with Gasteiger partial charge in [0.05, 0.1) is 0 Å². The van der Waals surface area contributed by atoms with E-state index in [1.807, 2.05) is 0 Å². The molecule has 1 aromatic carbocycles. The fourth-order valence-corrected chi connectivity index (χ4v) is 1.61. The number of hydrogen-bond donors (Lipinski definition) is 2. The number of nitrogens with two attached hydrogens (primary N) is 1. The van der Waals surface area contributed by atoms with Gasteiger partial charge in [0.2, 0.25) is 0 Å². The number of benzene rings is 1. The second-order valence-corrected chi connectivity index (χ2v) is 4.90. The molecule has 0 heterocycles. The first-order valence-electron chi connectivity index (χ1n) is 5.23. The summed E-state index contributed by atoms with van der Waals surface area (Å²) in [5, 5.41) is 9.37. The standard InChI is InChI=1S/C12H16ClNO3/c1-12(2,7-10(14)11(15)16)17-9-5-3-8(13)4-6-9/h3-6,10H,7,14H2,1-2H3,(H,15,16). The van der Waals surface area contributed by atoms with Crippen molar-refractivity contribution in [3.05, 3.63) is 29.3 Å². The molecule has 1 unspecified atom stereocenters. The lowest BCUT2D eigenvalue weighted by molar-refractivity contribution is -0.139. The highest BCUT2D eigenvalue weighted by atomic mass is 35.5. The fraction of sp³-hybridized carbons (Fsp3) is 0.417. The van der Waals surface area contributed by atoms with Crippen LogP contribution in [0.25, 0.3) is 0 Å². The van der Waals surface area contributed by atoms with Crippen LogP contribution in [-0.2, 0) is 4.79 Å². The van der Waals surface area contributed by atoms with Crippen LogP contribution < -0.4 is 10.5 Å². The lowest BCUT2D eigenvalue weighted by Crippen LogP contribution is -2.41. The van der Waals surface area contributed by atoms with Crippen LogP contribution in [0, 0.1) is 0 Å². The summed E-state index contributed by atoms with van der Waals surface area (Å²) in [5.41, 5.74) is 4.83. The van der Waals surface area contributed by atoms with E-state index in [9.17, 15) is 4.79 Å². The van der Waals surface area contributed by atoms with Crippen LogP contribution in [0.5, 0.6) is 5.75 Å². The van der Waals surface area contributed by atoms with Gasteiger partial charge >= 0.3 is 5.97 Å². The summed E-state index contributed by atoms with van der Waals surface area (Å²) in [5.74, 6) is -0.394. The number of carbonyl (C=O) groups is 1.